The summed E-state index contributed by atoms with van der Waals surface area (Å²) >= 11 is 0. The van der Waals surface area contributed by atoms with E-state index in [1.165, 1.54) is 17.5 Å². The summed E-state index contributed by atoms with van der Waals surface area (Å²) in [6.45, 7) is 7.06. The van der Waals surface area contributed by atoms with E-state index in [0.717, 1.165) is 31.8 Å². The number of H-pyrrole nitrogens is 1. The van der Waals surface area contributed by atoms with Crippen molar-refractivity contribution in [2.75, 3.05) is 13.1 Å². The van der Waals surface area contributed by atoms with Gasteiger partial charge in [0.05, 0.1) is 0 Å². The average Bonchev–Trinajstić information content (AvgIpc) is 3.24. The number of benzene rings is 1. The number of carbonyl (C=O) groups excluding carboxylic acids is 1. The monoisotopic (exact) mass is 339 g/mol. The Morgan fingerprint density at radius 2 is 2.16 bits per heavy atom. The van der Waals surface area contributed by atoms with Gasteiger partial charge in [-0.3, -0.25) is 14.8 Å². The van der Waals surface area contributed by atoms with Crippen molar-refractivity contribution in [3.8, 4) is 0 Å². The van der Waals surface area contributed by atoms with Gasteiger partial charge in [0.2, 0.25) is 5.91 Å². The van der Waals surface area contributed by atoms with Crippen LogP contribution in [0.25, 0.3) is 0 Å². The molecule has 2 aliphatic rings. The van der Waals surface area contributed by atoms with Crippen molar-refractivity contribution < 1.29 is 4.79 Å². The zero-order valence-corrected chi connectivity index (χ0v) is 14.8. The zero-order valence-electron chi connectivity index (χ0n) is 14.8. The van der Waals surface area contributed by atoms with Crippen LogP contribution in [0.1, 0.15) is 43.1 Å². The van der Waals surface area contributed by atoms with E-state index in [4.69, 9.17) is 0 Å². The number of hydrogen-bond acceptors (Lipinski definition) is 4. The molecule has 1 aromatic heterocycles. The van der Waals surface area contributed by atoms with Crippen LogP contribution in [-0.2, 0) is 17.8 Å². The van der Waals surface area contributed by atoms with Crippen molar-refractivity contribution in [2.45, 2.75) is 44.7 Å². The fraction of sp³-hybridized carbons (Fsp3) is 0.526. The Hall–Kier alpha value is -2.21. The van der Waals surface area contributed by atoms with E-state index in [1.54, 1.807) is 0 Å². The van der Waals surface area contributed by atoms with E-state index in [-0.39, 0.29) is 23.3 Å². The van der Waals surface area contributed by atoms with Gasteiger partial charge < -0.3 is 5.32 Å². The van der Waals surface area contributed by atoms with Crippen molar-refractivity contribution in [2.24, 2.45) is 5.92 Å². The van der Waals surface area contributed by atoms with Gasteiger partial charge in [0.15, 0.2) is 0 Å². The molecule has 2 heterocycles. The van der Waals surface area contributed by atoms with Crippen LogP contribution in [0.4, 0.5) is 0 Å². The second-order valence-electron chi connectivity index (χ2n) is 7.79. The molecular formula is C19H25N5O. The number of hydrogen-bond donors (Lipinski definition) is 2. The van der Waals surface area contributed by atoms with Gasteiger partial charge >= 0.3 is 0 Å². The maximum absolute atomic E-state index is 12.4. The predicted molar refractivity (Wildman–Crippen MR) is 94.9 cm³/mol. The lowest BCUT2D eigenvalue weighted by Gasteiger charge is -2.41. The Bertz CT molecular complexity index is 755. The second-order valence-corrected chi connectivity index (χ2v) is 7.79. The summed E-state index contributed by atoms with van der Waals surface area (Å²) in [5.74, 6) is 1.19. The first-order chi connectivity index (χ1) is 12.0. The molecule has 1 amide bonds. The number of nitrogens with zero attached hydrogens (tertiary/aromatic N) is 3. The van der Waals surface area contributed by atoms with Crippen LogP contribution in [0.3, 0.4) is 0 Å². The fourth-order valence-corrected chi connectivity index (χ4v) is 3.74. The topological polar surface area (TPSA) is 73.9 Å². The Kier molecular flexibility index (Phi) is 4.07. The molecule has 0 unspecified atom stereocenters. The van der Waals surface area contributed by atoms with E-state index >= 15 is 0 Å². The third-order valence-electron chi connectivity index (χ3n) is 5.59. The van der Waals surface area contributed by atoms with Crippen LogP contribution in [0.15, 0.2) is 30.6 Å². The molecule has 0 spiro atoms. The number of aromatic nitrogens is 3. The maximum atomic E-state index is 12.4. The van der Waals surface area contributed by atoms with Crippen LogP contribution in [0.5, 0.6) is 0 Å². The normalized spacial score (nSPS) is 23.1. The minimum atomic E-state index is -0.0696. The first kappa shape index (κ1) is 16.3. The van der Waals surface area contributed by atoms with Gasteiger partial charge in [0.25, 0.3) is 0 Å². The quantitative estimate of drug-likeness (QED) is 0.872. The summed E-state index contributed by atoms with van der Waals surface area (Å²) in [5.41, 5.74) is 2.78. The molecule has 0 bridgehead atoms. The highest BCUT2D eigenvalue weighted by Gasteiger charge is 2.46. The maximum Gasteiger partial charge on any atom is 0.223 e. The van der Waals surface area contributed by atoms with Crippen LogP contribution in [0, 0.1) is 5.92 Å². The molecule has 1 aliphatic heterocycles. The lowest BCUT2D eigenvalue weighted by Crippen LogP contribution is -2.53. The largest absolute Gasteiger partial charge is 0.354 e. The average molecular weight is 339 g/mol. The summed E-state index contributed by atoms with van der Waals surface area (Å²) in [6, 6.07) is 8.65. The summed E-state index contributed by atoms with van der Waals surface area (Å²) in [4.78, 5) is 19.1. The third-order valence-corrected chi connectivity index (χ3v) is 5.59. The van der Waals surface area contributed by atoms with Crippen LogP contribution < -0.4 is 5.32 Å². The summed E-state index contributed by atoms with van der Waals surface area (Å²) < 4.78 is 0. The SMILES string of the molecule is CC(C)(CNC(=O)[C@H]1C[C@H]1c1ncn[nH]1)N1CCc2ccccc2C1. The number of nitrogens with one attached hydrogen (secondary N) is 2. The first-order valence-electron chi connectivity index (χ1n) is 8.99. The highest BCUT2D eigenvalue weighted by molar-refractivity contribution is 5.82. The number of amides is 1. The Morgan fingerprint density at radius 3 is 2.92 bits per heavy atom. The number of fused-ring (bicyclic) bond motifs is 1. The molecule has 1 fully saturated rings. The molecule has 1 aliphatic carbocycles. The molecule has 1 aromatic carbocycles. The van der Waals surface area contributed by atoms with Crippen LogP contribution in [-0.4, -0.2) is 44.6 Å². The molecule has 4 rings (SSSR count). The second kappa shape index (κ2) is 6.26. The molecule has 2 atom stereocenters. The third kappa shape index (κ3) is 3.31. The summed E-state index contributed by atoms with van der Waals surface area (Å²) in [6.07, 6.45) is 3.43. The van der Waals surface area contributed by atoms with Gasteiger partial charge in [-0.15, -0.1) is 0 Å². The fourth-order valence-electron chi connectivity index (χ4n) is 3.74. The predicted octanol–water partition coefficient (Wildman–Crippen LogP) is 1.86. The Labute approximate surface area is 148 Å². The van der Waals surface area contributed by atoms with Gasteiger partial charge in [0, 0.05) is 37.0 Å². The van der Waals surface area contributed by atoms with Gasteiger partial charge in [-0.2, -0.15) is 5.10 Å². The van der Waals surface area contributed by atoms with Crippen molar-refractivity contribution >= 4 is 5.91 Å². The Balaban J connectivity index is 1.32. The lowest BCUT2D eigenvalue weighted by atomic mass is 9.94. The lowest BCUT2D eigenvalue weighted by molar-refractivity contribution is -0.123. The van der Waals surface area contributed by atoms with E-state index in [0.29, 0.717) is 6.54 Å². The van der Waals surface area contributed by atoms with E-state index in [1.807, 2.05) is 0 Å². The van der Waals surface area contributed by atoms with E-state index in [9.17, 15) is 4.79 Å². The molecule has 6 nitrogen and oxygen atoms in total. The standard InChI is InChI=1S/C19H25N5O/c1-19(2,24-8-7-13-5-3-4-6-14(13)10-24)11-20-18(25)16-9-15(16)17-21-12-22-23-17/h3-6,12,15-16H,7-11H2,1-2H3,(H,20,25)(H,21,22,23)/t15-,16+/m1/s1. The van der Waals surface area contributed by atoms with Gasteiger partial charge in [-0.1, -0.05) is 24.3 Å². The molecule has 6 heteroatoms. The molecule has 0 radical (unpaired) electrons. The minimum Gasteiger partial charge on any atom is -0.354 e. The molecule has 2 N–H and O–H groups in total. The smallest absolute Gasteiger partial charge is 0.223 e. The summed E-state index contributed by atoms with van der Waals surface area (Å²) in [5, 5.41) is 9.89. The molecule has 2 aromatic rings. The van der Waals surface area contributed by atoms with Crippen molar-refractivity contribution in [1.29, 1.82) is 0 Å². The minimum absolute atomic E-state index is 0.0332. The molecule has 132 valence electrons. The van der Waals surface area contributed by atoms with Crippen LogP contribution in [0.2, 0.25) is 0 Å². The van der Waals surface area contributed by atoms with Gasteiger partial charge in [-0.05, 0) is 37.8 Å². The Morgan fingerprint density at radius 1 is 1.36 bits per heavy atom. The molecular weight excluding hydrogens is 314 g/mol. The molecule has 0 saturated heterocycles. The number of rotatable bonds is 5. The van der Waals surface area contributed by atoms with E-state index in [2.05, 4.69) is 63.5 Å². The van der Waals surface area contributed by atoms with Gasteiger partial charge in [0.1, 0.15) is 12.2 Å². The highest BCUT2D eigenvalue weighted by atomic mass is 16.2. The van der Waals surface area contributed by atoms with Crippen molar-refractivity contribution in [3.05, 3.63) is 47.5 Å². The van der Waals surface area contributed by atoms with Gasteiger partial charge in [-0.25, -0.2) is 4.98 Å². The first-order valence-corrected chi connectivity index (χ1v) is 8.99. The van der Waals surface area contributed by atoms with Crippen molar-refractivity contribution in [1.82, 2.24) is 25.4 Å². The molecule has 25 heavy (non-hydrogen) atoms. The number of aromatic amines is 1. The van der Waals surface area contributed by atoms with E-state index < -0.39 is 0 Å². The van der Waals surface area contributed by atoms with Crippen LogP contribution >= 0.6 is 0 Å². The highest BCUT2D eigenvalue weighted by Crippen LogP contribution is 2.45. The number of carbonyl (C=O) groups is 1. The summed E-state index contributed by atoms with van der Waals surface area (Å²) in [7, 11) is 0. The zero-order chi connectivity index (χ0) is 17.4. The van der Waals surface area contributed by atoms with Crippen molar-refractivity contribution in [3.63, 3.8) is 0 Å². The molecule has 1 saturated carbocycles.